The van der Waals surface area contributed by atoms with Crippen molar-refractivity contribution in [3.8, 4) is 0 Å². The molecular weight excluding hydrogens is 164 g/mol. The number of aromatic nitrogens is 1. The van der Waals surface area contributed by atoms with Gasteiger partial charge in [-0.25, -0.2) is 0 Å². The molecule has 58 valence electrons. The zero-order chi connectivity index (χ0) is 8.43. The lowest BCUT2D eigenvalue weighted by Gasteiger charge is -1.97. The predicted molar refractivity (Wildman–Crippen MR) is 42.5 cm³/mol. The van der Waals surface area contributed by atoms with Gasteiger partial charge in [0.1, 0.15) is 5.69 Å². The standard InChI is InChI=1S/C7H7ClN2O/c1-4-3-10-6(7(9)11)2-5(4)8/h2-3H,1H3,(H2,9,11). The second-order valence-electron chi connectivity index (χ2n) is 2.18. The van der Waals surface area contributed by atoms with E-state index in [-0.39, 0.29) is 5.69 Å². The first kappa shape index (κ1) is 8.01. The molecule has 4 heteroatoms. The molecular formula is C7H7ClN2O. The summed E-state index contributed by atoms with van der Waals surface area (Å²) >= 11 is 5.71. The van der Waals surface area contributed by atoms with Gasteiger partial charge >= 0.3 is 0 Å². The summed E-state index contributed by atoms with van der Waals surface area (Å²) < 4.78 is 0. The molecule has 0 spiro atoms. The van der Waals surface area contributed by atoms with Crippen LogP contribution < -0.4 is 5.73 Å². The van der Waals surface area contributed by atoms with Crippen LogP contribution in [0.4, 0.5) is 0 Å². The molecule has 1 heterocycles. The molecule has 2 N–H and O–H groups in total. The van der Waals surface area contributed by atoms with E-state index in [2.05, 4.69) is 4.98 Å². The smallest absolute Gasteiger partial charge is 0.267 e. The molecule has 0 bridgehead atoms. The highest BCUT2D eigenvalue weighted by atomic mass is 35.5. The minimum absolute atomic E-state index is 0.195. The van der Waals surface area contributed by atoms with Gasteiger partial charge in [-0.05, 0) is 18.6 Å². The molecule has 0 fully saturated rings. The summed E-state index contributed by atoms with van der Waals surface area (Å²) in [5, 5.41) is 0.508. The second-order valence-corrected chi connectivity index (χ2v) is 2.59. The summed E-state index contributed by atoms with van der Waals surface area (Å²) in [4.78, 5) is 14.3. The van der Waals surface area contributed by atoms with Crippen molar-refractivity contribution in [1.82, 2.24) is 4.98 Å². The number of carbonyl (C=O) groups excluding carboxylic acids is 1. The van der Waals surface area contributed by atoms with Crippen molar-refractivity contribution in [1.29, 1.82) is 0 Å². The Labute approximate surface area is 69.2 Å². The maximum atomic E-state index is 10.6. The topological polar surface area (TPSA) is 56.0 Å². The third-order valence-corrected chi connectivity index (χ3v) is 1.70. The summed E-state index contributed by atoms with van der Waals surface area (Å²) in [6.07, 6.45) is 1.52. The summed E-state index contributed by atoms with van der Waals surface area (Å²) in [6, 6.07) is 1.46. The molecule has 0 aliphatic heterocycles. The van der Waals surface area contributed by atoms with E-state index in [1.165, 1.54) is 12.3 Å². The fraction of sp³-hybridized carbons (Fsp3) is 0.143. The van der Waals surface area contributed by atoms with Gasteiger partial charge in [0.05, 0.1) is 0 Å². The van der Waals surface area contributed by atoms with Crippen LogP contribution in [-0.4, -0.2) is 10.9 Å². The summed E-state index contributed by atoms with van der Waals surface area (Å²) in [7, 11) is 0. The highest BCUT2D eigenvalue weighted by Crippen LogP contribution is 2.13. The molecule has 0 saturated heterocycles. The zero-order valence-electron chi connectivity index (χ0n) is 5.97. The number of aryl methyl sites for hydroxylation is 1. The molecule has 0 saturated carbocycles. The number of carbonyl (C=O) groups is 1. The van der Waals surface area contributed by atoms with Crippen molar-refractivity contribution >= 4 is 17.5 Å². The Hall–Kier alpha value is -1.09. The number of primary amides is 1. The predicted octanol–water partition coefficient (Wildman–Crippen LogP) is 1.14. The van der Waals surface area contributed by atoms with E-state index >= 15 is 0 Å². The number of hydrogen-bond donors (Lipinski definition) is 1. The third kappa shape index (κ3) is 1.68. The number of rotatable bonds is 1. The maximum Gasteiger partial charge on any atom is 0.267 e. The Balaban J connectivity index is 3.15. The van der Waals surface area contributed by atoms with Crippen molar-refractivity contribution in [3.05, 3.63) is 28.5 Å². The third-order valence-electron chi connectivity index (χ3n) is 1.29. The van der Waals surface area contributed by atoms with Gasteiger partial charge in [-0.2, -0.15) is 0 Å². The molecule has 0 aliphatic carbocycles. The summed E-state index contributed by atoms with van der Waals surface area (Å²) in [5.41, 5.74) is 6.00. The molecule has 1 rings (SSSR count). The van der Waals surface area contributed by atoms with E-state index in [0.29, 0.717) is 5.02 Å². The van der Waals surface area contributed by atoms with E-state index in [4.69, 9.17) is 17.3 Å². The monoisotopic (exact) mass is 170 g/mol. The van der Waals surface area contributed by atoms with Crippen molar-refractivity contribution in [3.63, 3.8) is 0 Å². The lowest BCUT2D eigenvalue weighted by molar-refractivity contribution is 0.0995. The van der Waals surface area contributed by atoms with E-state index in [1.807, 2.05) is 0 Å². The average Bonchev–Trinajstić information content (AvgIpc) is 1.94. The van der Waals surface area contributed by atoms with Crippen LogP contribution in [0.1, 0.15) is 16.1 Å². The van der Waals surface area contributed by atoms with Gasteiger partial charge < -0.3 is 5.73 Å². The normalized spacial score (nSPS) is 9.64. The molecule has 3 nitrogen and oxygen atoms in total. The molecule has 0 aliphatic rings. The van der Waals surface area contributed by atoms with Crippen LogP contribution >= 0.6 is 11.6 Å². The van der Waals surface area contributed by atoms with Crippen LogP contribution in [0, 0.1) is 6.92 Å². The van der Waals surface area contributed by atoms with E-state index < -0.39 is 5.91 Å². The summed E-state index contributed by atoms with van der Waals surface area (Å²) in [6.45, 7) is 1.81. The van der Waals surface area contributed by atoms with Crippen LogP contribution in [0.2, 0.25) is 5.02 Å². The Morgan fingerprint density at radius 3 is 2.82 bits per heavy atom. The van der Waals surface area contributed by atoms with E-state index in [1.54, 1.807) is 6.92 Å². The number of pyridine rings is 1. The highest BCUT2D eigenvalue weighted by Gasteiger charge is 2.03. The van der Waals surface area contributed by atoms with Crippen LogP contribution in [0.15, 0.2) is 12.3 Å². The molecule has 1 amide bonds. The largest absolute Gasteiger partial charge is 0.364 e. The molecule has 0 unspecified atom stereocenters. The van der Waals surface area contributed by atoms with E-state index in [0.717, 1.165) is 5.56 Å². The first-order valence-electron chi connectivity index (χ1n) is 3.03. The fourth-order valence-corrected chi connectivity index (χ4v) is 0.786. The first-order valence-corrected chi connectivity index (χ1v) is 3.41. The van der Waals surface area contributed by atoms with Crippen LogP contribution in [0.5, 0.6) is 0 Å². The molecule has 1 aromatic heterocycles. The highest BCUT2D eigenvalue weighted by molar-refractivity contribution is 6.31. The van der Waals surface area contributed by atoms with Gasteiger partial charge in [0, 0.05) is 11.2 Å². The lowest BCUT2D eigenvalue weighted by atomic mass is 10.2. The van der Waals surface area contributed by atoms with Gasteiger partial charge in [0.25, 0.3) is 5.91 Å². The lowest BCUT2D eigenvalue weighted by Crippen LogP contribution is -2.12. The van der Waals surface area contributed by atoms with Gasteiger partial charge in [-0.15, -0.1) is 0 Å². The Morgan fingerprint density at radius 2 is 2.36 bits per heavy atom. The average molecular weight is 171 g/mol. The second kappa shape index (κ2) is 2.88. The Bertz CT molecular complexity index is 298. The fourth-order valence-electron chi connectivity index (χ4n) is 0.634. The number of nitrogens with zero attached hydrogens (tertiary/aromatic N) is 1. The van der Waals surface area contributed by atoms with E-state index in [9.17, 15) is 4.79 Å². The van der Waals surface area contributed by atoms with Gasteiger partial charge in [-0.1, -0.05) is 11.6 Å². The van der Waals surface area contributed by atoms with Crippen molar-refractivity contribution in [2.24, 2.45) is 5.73 Å². The van der Waals surface area contributed by atoms with Crippen LogP contribution in [0.3, 0.4) is 0 Å². The molecule has 0 radical (unpaired) electrons. The SMILES string of the molecule is Cc1cnc(C(N)=O)cc1Cl. The molecule has 0 atom stereocenters. The number of halogens is 1. The quantitative estimate of drug-likeness (QED) is 0.687. The first-order chi connectivity index (χ1) is 5.11. The van der Waals surface area contributed by atoms with Gasteiger partial charge in [0.15, 0.2) is 0 Å². The molecule has 1 aromatic rings. The number of nitrogens with two attached hydrogens (primary N) is 1. The van der Waals surface area contributed by atoms with Gasteiger partial charge in [-0.3, -0.25) is 9.78 Å². The Kier molecular flexibility index (Phi) is 2.10. The van der Waals surface area contributed by atoms with Crippen molar-refractivity contribution in [2.75, 3.05) is 0 Å². The van der Waals surface area contributed by atoms with Crippen LogP contribution in [0.25, 0.3) is 0 Å². The number of hydrogen-bond acceptors (Lipinski definition) is 2. The summed E-state index contributed by atoms with van der Waals surface area (Å²) in [5.74, 6) is -0.563. The maximum absolute atomic E-state index is 10.6. The van der Waals surface area contributed by atoms with Crippen molar-refractivity contribution < 1.29 is 4.79 Å². The van der Waals surface area contributed by atoms with Crippen LogP contribution in [-0.2, 0) is 0 Å². The molecule has 11 heavy (non-hydrogen) atoms. The minimum Gasteiger partial charge on any atom is -0.364 e. The Morgan fingerprint density at radius 1 is 1.73 bits per heavy atom. The minimum atomic E-state index is -0.563. The van der Waals surface area contributed by atoms with Gasteiger partial charge in [0.2, 0.25) is 0 Å². The zero-order valence-corrected chi connectivity index (χ0v) is 6.72. The van der Waals surface area contributed by atoms with Crippen molar-refractivity contribution in [2.45, 2.75) is 6.92 Å². The molecule has 0 aromatic carbocycles. The number of amides is 1.